The Kier molecular flexibility index (Phi) is 4.27. The number of carbonyl (C=O) groups is 2. The van der Waals surface area contributed by atoms with Crippen LogP contribution < -0.4 is 10.6 Å². The Morgan fingerprint density at radius 1 is 1.30 bits per heavy atom. The van der Waals surface area contributed by atoms with Gasteiger partial charge in [-0.25, -0.2) is 9.59 Å². The Balaban J connectivity index is 2.00. The van der Waals surface area contributed by atoms with Gasteiger partial charge in [0.25, 0.3) is 0 Å². The summed E-state index contributed by atoms with van der Waals surface area (Å²) in [5.74, 6) is -0.351. The molecule has 0 radical (unpaired) electrons. The summed E-state index contributed by atoms with van der Waals surface area (Å²) in [7, 11) is 0. The first-order valence-corrected chi connectivity index (χ1v) is 6.87. The van der Waals surface area contributed by atoms with Gasteiger partial charge in [0.2, 0.25) is 0 Å². The summed E-state index contributed by atoms with van der Waals surface area (Å²) in [6, 6.07) is 4.65. The number of carboxylic acid groups (broad SMARTS) is 1. The largest absolute Gasteiger partial charge is 0.478 e. The molecule has 2 rings (SSSR count). The van der Waals surface area contributed by atoms with E-state index in [1.165, 1.54) is 12.1 Å². The second kappa shape index (κ2) is 5.94. The normalized spacial score (nSPS) is 21.5. The zero-order valence-corrected chi connectivity index (χ0v) is 11.8. The smallest absolute Gasteiger partial charge is 0.335 e. The van der Waals surface area contributed by atoms with Crippen LogP contribution in [0.2, 0.25) is 0 Å². The molecule has 2 unspecified atom stereocenters. The molecule has 0 aliphatic heterocycles. The highest BCUT2D eigenvalue weighted by Crippen LogP contribution is 2.24. The van der Waals surface area contributed by atoms with E-state index >= 15 is 0 Å². The molecule has 1 saturated carbocycles. The monoisotopic (exact) mass is 276 g/mol. The predicted molar refractivity (Wildman–Crippen MR) is 77.1 cm³/mol. The van der Waals surface area contributed by atoms with Crippen LogP contribution in [0.3, 0.4) is 0 Å². The summed E-state index contributed by atoms with van der Waals surface area (Å²) >= 11 is 0. The SMILES string of the molecule is Cc1ccc(C(=O)O)cc1NC(=O)NC1CCC(C)C1. The molecule has 0 heterocycles. The highest BCUT2D eigenvalue weighted by Gasteiger charge is 2.22. The molecule has 2 amide bonds. The third-order valence-electron chi connectivity index (χ3n) is 3.76. The number of anilines is 1. The zero-order chi connectivity index (χ0) is 14.7. The summed E-state index contributed by atoms with van der Waals surface area (Å²) < 4.78 is 0. The fourth-order valence-corrected chi connectivity index (χ4v) is 2.57. The number of urea groups is 1. The first kappa shape index (κ1) is 14.4. The average molecular weight is 276 g/mol. The minimum Gasteiger partial charge on any atom is -0.478 e. The van der Waals surface area contributed by atoms with Gasteiger partial charge in [0.1, 0.15) is 0 Å². The van der Waals surface area contributed by atoms with Gasteiger partial charge in [0, 0.05) is 11.7 Å². The van der Waals surface area contributed by atoms with Gasteiger partial charge in [0.05, 0.1) is 5.56 Å². The summed E-state index contributed by atoms with van der Waals surface area (Å²) in [5, 5.41) is 14.6. The van der Waals surface area contributed by atoms with Crippen LogP contribution in [0.25, 0.3) is 0 Å². The lowest BCUT2D eigenvalue weighted by Gasteiger charge is -2.15. The Morgan fingerprint density at radius 3 is 2.65 bits per heavy atom. The Hall–Kier alpha value is -2.04. The molecule has 2 atom stereocenters. The number of aromatic carboxylic acids is 1. The van der Waals surface area contributed by atoms with Crippen molar-refractivity contribution in [1.29, 1.82) is 0 Å². The quantitative estimate of drug-likeness (QED) is 0.794. The predicted octanol–water partition coefficient (Wildman–Crippen LogP) is 3.00. The third kappa shape index (κ3) is 3.50. The molecule has 1 fully saturated rings. The van der Waals surface area contributed by atoms with Gasteiger partial charge in [-0.3, -0.25) is 0 Å². The van der Waals surface area contributed by atoms with Gasteiger partial charge in [-0.1, -0.05) is 13.0 Å². The van der Waals surface area contributed by atoms with Crippen molar-refractivity contribution < 1.29 is 14.7 Å². The maximum absolute atomic E-state index is 11.9. The molecule has 1 aliphatic carbocycles. The van der Waals surface area contributed by atoms with Crippen molar-refractivity contribution in [2.24, 2.45) is 5.92 Å². The number of benzene rings is 1. The van der Waals surface area contributed by atoms with Gasteiger partial charge in [-0.2, -0.15) is 0 Å². The van der Waals surface area contributed by atoms with Crippen molar-refractivity contribution in [3.8, 4) is 0 Å². The first-order chi connectivity index (χ1) is 9.45. The fourth-order valence-electron chi connectivity index (χ4n) is 2.57. The van der Waals surface area contributed by atoms with Crippen LogP contribution in [0.1, 0.15) is 42.1 Å². The Bertz CT molecular complexity index is 528. The minimum atomic E-state index is -1.00. The number of amides is 2. The van der Waals surface area contributed by atoms with Crippen LogP contribution in [-0.2, 0) is 0 Å². The van der Waals surface area contributed by atoms with Crippen LogP contribution >= 0.6 is 0 Å². The van der Waals surface area contributed by atoms with E-state index in [0.717, 1.165) is 24.8 Å². The second-order valence-electron chi connectivity index (χ2n) is 5.55. The number of carboxylic acids is 1. The van der Waals surface area contributed by atoms with E-state index in [1.807, 2.05) is 6.92 Å². The number of hydrogen-bond donors (Lipinski definition) is 3. The van der Waals surface area contributed by atoms with Gasteiger partial charge in [0.15, 0.2) is 0 Å². The van der Waals surface area contributed by atoms with Gasteiger partial charge >= 0.3 is 12.0 Å². The average Bonchev–Trinajstić information content (AvgIpc) is 2.77. The lowest BCUT2D eigenvalue weighted by molar-refractivity contribution is 0.0697. The van der Waals surface area contributed by atoms with Gasteiger partial charge in [-0.15, -0.1) is 0 Å². The third-order valence-corrected chi connectivity index (χ3v) is 3.76. The molecular formula is C15H20N2O3. The molecule has 1 aromatic carbocycles. The van der Waals surface area contributed by atoms with Crippen LogP contribution in [0.5, 0.6) is 0 Å². The molecule has 3 N–H and O–H groups in total. The number of rotatable bonds is 3. The minimum absolute atomic E-state index is 0.167. The van der Waals surface area contributed by atoms with Crippen LogP contribution in [0, 0.1) is 12.8 Å². The topological polar surface area (TPSA) is 78.4 Å². The van der Waals surface area contributed by atoms with Crippen molar-refractivity contribution in [3.05, 3.63) is 29.3 Å². The van der Waals surface area contributed by atoms with Crippen LogP contribution in [-0.4, -0.2) is 23.1 Å². The number of carbonyl (C=O) groups excluding carboxylic acids is 1. The molecule has 108 valence electrons. The van der Waals surface area contributed by atoms with Gasteiger partial charge in [-0.05, 0) is 49.8 Å². The van der Waals surface area contributed by atoms with E-state index in [9.17, 15) is 9.59 Å². The zero-order valence-electron chi connectivity index (χ0n) is 11.8. The number of aryl methyl sites for hydroxylation is 1. The molecule has 5 nitrogen and oxygen atoms in total. The molecule has 0 bridgehead atoms. The van der Waals surface area contributed by atoms with Crippen molar-refractivity contribution >= 4 is 17.7 Å². The summed E-state index contributed by atoms with van der Waals surface area (Å²) in [5.41, 5.74) is 1.54. The molecule has 1 aromatic rings. The summed E-state index contributed by atoms with van der Waals surface area (Å²) in [6.45, 7) is 4.01. The molecule has 0 spiro atoms. The second-order valence-corrected chi connectivity index (χ2v) is 5.55. The van der Waals surface area contributed by atoms with Crippen molar-refractivity contribution in [3.63, 3.8) is 0 Å². The van der Waals surface area contributed by atoms with Gasteiger partial charge < -0.3 is 15.7 Å². The highest BCUT2D eigenvalue weighted by atomic mass is 16.4. The lowest BCUT2D eigenvalue weighted by atomic mass is 10.1. The van der Waals surface area contributed by atoms with E-state index in [2.05, 4.69) is 17.6 Å². The van der Waals surface area contributed by atoms with E-state index in [1.54, 1.807) is 6.07 Å². The molecule has 1 aliphatic rings. The first-order valence-electron chi connectivity index (χ1n) is 6.87. The maximum atomic E-state index is 11.9. The van der Waals surface area contributed by atoms with Crippen LogP contribution in [0.4, 0.5) is 10.5 Å². The van der Waals surface area contributed by atoms with Crippen LogP contribution in [0.15, 0.2) is 18.2 Å². The standard InChI is InChI=1S/C15H20N2O3/c1-9-3-6-12(7-9)16-15(20)17-13-8-11(14(18)19)5-4-10(13)2/h4-5,8-9,12H,3,6-7H2,1-2H3,(H,18,19)(H2,16,17,20). The van der Waals surface area contributed by atoms with Crippen molar-refractivity contribution in [2.75, 3.05) is 5.32 Å². The number of nitrogens with one attached hydrogen (secondary N) is 2. The summed E-state index contributed by atoms with van der Waals surface area (Å²) in [6.07, 6.45) is 3.14. The highest BCUT2D eigenvalue weighted by molar-refractivity contribution is 5.94. The van der Waals surface area contributed by atoms with E-state index in [-0.39, 0.29) is 17.6 Å². The fraction of sp³-hybridized carbons (Fsp3) is 0.467. The molecular weight excluding hydrogens is 256 g/mol. The number of hydrogen-bond acceptors (Lipinski definition) is 2. The molecule has 5 heteroatoms. The molecule has 0 saturated heterocycles. The molecule has 20 heavy (non-hydrogen) atoms. The van der Waals surface area contributed by atoms with Crippen molar-refractivity contribution in [2.45, 2.75) is 39.2 Å². The summed E-state index contributed by atoms with van der Waals surface area (Å²) in [4.78, 5) is 22.9. The molecule has 0 aromatic heterocycles. The Morgan fingerprint density at radius 2 is 2.05 bits per heavy atom. The maximum Gasteiger partial charge on any atom is 0.335 e. The van der Waals surface area contributed by atoms with E-state index in [0.29, 0.717) is 11.6 Å². The van der Waals surface area contributed by atoms with E-state index < -0.39 is 5.97 Å². The lowest BCUT2D eigenvalue weighted by Crippen LogP contribution is -2.36. The van der Waals surface area contributed by atoms with E-state index in [4.69, 9.17) is 5.11 Å². The Labute approximate surface area is 118 Å². The van der Waals surface area contributed by atoms with Crippen molar-refractivity contribution in [1.82, 2.24) is 5.32 Å².